The first-order valence-corrected chi connectivity index (χ1v) is 8.06. The molecular weight excluding hydrogens is 351 g/mol. The lowest BCUT2D eigenvalue weighted by Gasteiger charge is -2.26. The van der Waals surface area contributed by atoms with Crippen molar-refractivity contribution in [2.75, 3.05) is 24.7 Å². The van der Waals surface area contributed by atoms with Crippen LogP contribution in [0.5, 0.6) is 5.88 Å². The Hall–Kier alpha value is -2.39. The van der Waals surface area contributed by atoms with Crippen LogP contribution in [0.15, 0.2) is 36.7 Å². The van der Waals surface area contributed by atoms with Crippen molar-refractivity contribution >= 4 is 5.82 Å². The number of aliphatic hydroxyl groups excluding tert-OH is 2. The zero-order valence-corrected chi connectivity index (χ0v) is 13.7. The Balaban J connectivity index is 1.85. The van der Waals surface area contributed by atoms with E-state index in [1.807, 2.05) is 0 Å². The predicted octanol–water partition coefficient (Wildman–Crippen LogP) is 2.18. The maximum absolute atomic E-state index is 12.7. The molecule has 1 saturated heterocycles. The molecule has 6 nitrogen and oxygen atoms in total. The van der Waals surface area contributed by atoms with E-state index in [1.54, 1.807) is 4.90 Å². The lowest BCUT2D eigenvalue weighted by molar-refractivity contribution is -0.137. The summed E-state index contributed by atoms with van der Waals surface area (Å²) < 4.78 is 43.5. The van der Waals surface area contributed by atoms with E-state index in [2.05, 4.69) is 9.97 Å². The predicted molar refractivity (Wildman–Crippen MR) is 86.8 cm³/mol. The first-order chi connectivity index (χ1) is 12.4. The van der Waals surface area contributed by atoms with Crippen LogP contribution in [-0.4, -0.2) is 46.0 Å². The number of rotatable bonds is 5. The molecule has 0 radical (unpaired) electrons. The van der Waals surface area contributed by atoms with Crippen LogP contribution in [-0.2, 0) is 6.18 Å². The van der Waals surface area contributed by atoms with E-state index in [1.165, 1.54) is 24.5 Å². The molecule has 9 heteroatoms. The Morgan fingerprint density at radius 1 is 1.19 bits per heavy atom. The van der Waals surface area contributed by atoms with E-state index in [0.29, 0.717) is 17.8 Å². The number of aromatic nitrogens is 2. The minimum atomic E-state index is -4.39. The van der Waals surface area contributed by atoms with Crippen LogP contribution in [0.1, 0.15) is 23.6 Å². The van der Waals surface area contributed by atoms with Crippen molar-refractivity contribution in [1.82, 2.24) is 9.97 Å². The Morgan fingerprint density at radius 3 is 2.58 bits per heavy atom. The molecule has 1 aliphatic rings. The zero-order chi connectivity index (χ0) is 18.7. The molecule has 2 N–H and O–H groups in total. The quantitative estimate of drug-likeness (QED) is 0.841. The van der Waals surface area contributed by atoms with Crippen molar-refractivity contribution in [3.63, 3.8) is 0 Å². The smallest absolute Gasteiger partial charge is 0.416 e. The van der Waals surface area contributed by atoms with Gasteiger partial charge in [-0.1, -0.05) is 12.1 Å². The molecule has 1 aromatic carbocycles. The number of nitrogens with zero attached hydrogens (tertiary/aromatic N) is 3. The number of anilines is 1. The summed E-state index contributed by atoms with van der Waals surface area (Å²) in [4.78, 5) is 10.1. The van der Waals surface area contributed by atoms with Gasteiger partial charge < -0.3 is 19.8 Å². The molecule has 1 fully saturated rings. The Bertz CT molecular complexity index is 740. The van der Waals surface area contributed by atoms with Gasteiger partial charge in [0.1, 0.15) is 6.61 Å². The highest BCUT2D eigenvalue weighted by atomic mass is 19.4. The number of ether oxygens (including phenoxy) is 1. The van der Waals surface area contributed by atoms with Gasteiger partial charge in [0.05, 0.1) is 36.7 Å². The van der Waals surface area contributed by atoms with Crippen molar-refractivity contribution in [2.45, 2.75) is 24.7 Å². The van der Waals surface area contributed by atoms with Gasteiger partial charge in [-0.15, -0.1) is 0 Å². The molecule has 3 rings (SSSR count). The highest BCUT2D eigenvalue weighted by Gasteiger charge is 2.35. The van der Waals surface area contributed by atoms with Gasteiger partial charge in [0.15, 0.2) is 5.82 Å². The number of aliphatic hydroxyl groups is 2. The highest BCUT2D eigenvalue weighted by Crippen LogP contribution is 2.37. The summed E-state index contributed by atoms with van der Waals surface area (Å²) in [5, 5.41) is 18.9. The van der Waals surface area contributed by atoms with Gasteiger partial charge in [-0.25, -0.2) is 0 Å². The Labute approximate surface area is 147 Å². The standard InChI is InChI=1S/C17H18F3N3O3/c18-17(19,20)12-3-1-11(2-4-12)14-7-13(25)10-23(14)15-8-21-9-16(22-15)26-6-5-24/h1-4,8-9,13-14,24-25H,5-7,10H2/t13-,14-/m0/s1. The first kappa shape index (κ1) is 18.4. The third-order valence-corrected chi connectivity index (χ3v) is 4.14. The van der Waals surface area contributed by atoms with Gasteiger partial charge in [0.2, 0.25) is 5.88 Å². The average molecular weight is 369 g/mol. The summed E-state index contributed by atoms with van der Waals surface area (Å²) in [5.41, 5.74) is -0.0661. The topological polar surface area (TPSA) is 78.7 Å². The maximum atomic E-state index is 12.7. The summed E-state index contributed by atoms with van der Waals surface area (Å²) in [6.45, 7) is 0.190. The third kappa shape index (κ3) is 4.05. The molecule has 0 spiro atoms. The molecule has 0 amide bonds. The molecular formula is C17H18F3N3O3. The van der Waals surface area contributed by atoms with Crippen molar-refractivity contribution < 1.29 is 28.1 Å². The molecule has 2 atom stereocenters. The van der Waals surface area contributed by atoms with E-state index in [9.17, 15) is 18.3 Å². The minimum Gasteiger partial charge on any atom is -0.474 e. The first-order valence-electron chi connectivity index (χ1n) is 8.06. The van der Waals surface area contributed by atoms with Crippen LogP contribution in [0.4, 0.5) is 19.0 Å². The molecule has 26 heavy (non-hydrogen) atoms. The maximum Gasteiger partial charge on any atom is 0.416 e. The van der Waals surface area contributed by atoms with Crippen molar-refractivity contribution in [3.8, 4) is 5.88 Å². The van der Waals surface area contributed by atoms with Crippen molar-refractivity contribution in [2.24, 2.45) is 0 Å². The van der Waals surface area contributed by atoms with Gasteiger partial charge in [-0.2, -0.15) is 18.2 Å². The van der Waals surface area contributed by atoms with E-state index in [0.717, 1.165) is 12.1 Å². The fraction of sp³-hybridized carbons (Fsp3) is 0.412. The summed E-state index contributed by atoms with van der Waals surface area (Å²) in [5.74, 6) is 0.672. The van der Waals surface area contributed by atoms with Gasteiger partial charge in [0.25, 0.3) is 0 Å². The fourth-order valence-corrected chi connectivity index (χ4v) is 2.97. The van der Waals surface area contributed by atoms with Gasteiger partial charge in [-0.3, -0.25) is 4.98 Å². The van der Waals surface area contributed by atoms with Gasteiger partial charge in [-0.05, 0) is 24.1 Å². The number of hydrogen-bond donors (Lipinski definition) is 2. The molecule has 0 saturated carbocycles. The van der Waals surface area contributed by atoms with E-state index in [4.69, 9.17) is 9.84 Å². The normalized spacial score (nSPS) is 20.4. The Kier molecular flexibility index (Phi) is 5.28. The summed E-state index contributed by atoms with van der Waals surface area (Å²) >= 11 is 0. The van der Waals surface area contributed by atoms with Crippen LogP contribution in [0.25, 0.3) is 0 Å². The molecule has 0 unspecified atom stereocenters. The summed E-state index contributed by atoms with van der Waals surface area (Å²) in [6, 6.07) is 4.57. The largest absolute Gasteiger partial charge is 0.474 e. The summed E-state index contributed by atoms with van der Waals surface area (Å²) in [6.07, 6.45) is -1.75. The lowest BCUT2D eigenvalue weighted by Crippen LogP contribution is -2.25. The van der Waals surface area contributed by atoms with Crippen LogP contribution >= 0.6 is 0 Å². The van der Waals surface area contributed by atoms with Crippen LogP contribution in [0.3, 0.4) is 0 Å². The fourth-order valence-electron chi connectivity index (χ4n) is 2.97. The lowest BCUT2D eigenvalue weighted by atomic mass is 10.0. The SMILES string of the molecule is OCCOc1cncc(N2C[C@@H](O)C[C@H]2c2ccc(C(F)(F)F)cc2)n1. The highest BCUT2D eigenvalue weighted by molar-refractivity contribution is 5.44. The number of hydrogen-bond acceptors (Lipinski definition) is 6. The molecule has 140 valence electrons. The van der Waals surface area contributed by atoms with Crippen LogP contribution < -0.4 is 9.64 Å². The molecule has 1 aromatic heterocycles. The monoisotopic (exact) mass is 369 g/mol. The van der Waals surface area contributed by atoms with E-state index >= 15 is 0 Å². The van der Waals surface area contributed by atoms with E-state index in [-0.39, 0.29) is 31.7 Å². The number of benzene rings is 1. The van der Waals surface area contributed by atoms with Crippen molar-refractivity contribution in [3.05, 3.63) is 47.8 Å². The third-order valence-electron chi connectivity index (χ3n) is 4.14. The second kappa shape index (κ2) is 7.46. The molecule has 2 aromatic rings. The second-order valence-corrected chi connectivity index (χ2v) is 5.97. The number of β-amino-alcohol motifs (C(OH)–C–C–N with tert-alkyl or cyclic N) is 1. The zero-order valence-electron chi connectivity index (χ0n) is 13.7. The molecule has 2 heterocycles. The van der Waals surface area contributed by atoms with Gasteiger partial charge >= 0.3 is 6.18 Å². The second-order valence-electron chi connectivity index (χ2n) is 5.97. The van der Waals surface area contributed by atoms with Crippen LogP contribution in [0, 0.1) is 0 Å². The Morgan fingerprint density at radius 2 is 1.92 bits per heavy atom. The van der Waals surface area contributed by atoms with E-state index < -0.39 is 17.8 Å². The van der Waals surface area contributed by atoms with Crippen LogP contribution in [0.2, 0.25) is 0 Å². The molecule has 1 aliphatic heterocycles. The van der Waals surface area contributed by atoms with Gasteiger partial charge in [0, 0.05) is 6.54 Å². The number of alkyl halides is 3. The molecule has 0 aliphatic carbocycles. The van der Waals surface area contributed by atoms with Crippen molar-refractivity contribution in [1.29, 1.82) is 0 Å². The number of halogens is 3. The molecule has 0 bridgehead atoms. The minimum absolute atomic E-state index is 0.0725. The average Bonchev–Trinajstić information content (AvgIpc) is 3.01. The summed E-state index contributed by atoms with van der Waals surface area (Å²) in [7, 11) is 0.